The minimum absolute atomic E-state index is 0.159. The fourth-order valence-electron chi connectivity index (χ4n) is 3.37. The average Bonchev–Trinajstić information content (AvgIpc) is 2.77. The smallest absolute Gasteiger partial charge is 0.232 e. The quantitative estimate of drug-likeness (QED) is 0.469. The van der Waals surface area contributed by atoms with Crippen molar-refractivity contribution in [3.05, 3.63) is 48.0 Å². The van der Waals surface area contributed by atoms with Gasteiger partial charge in [-0.1, -0.05) is 12.1 Å². The molecule has 1 amide bonds. The number of methoxy groups -OCH3 is 1. The SMILES string of the molecule is CCOc1ccc(C(C)NC(=O)CCCN(c2cccc(OC)c2)S(C)(=O)=O)cc1OCC. The molecule has 0 heterocycles. The van der Waals surface area contributed by atoms with E-state index < -0.39 is 10.0 Å². The summed E-state index contributed by atoms with van der Waals surface area (Å²) in [5.41, 5.74) is 1.40. The molecular formula is C24H34N2O6S. The summed E-state index contributed by atoms with van der Waals surface area (Å²) in [5.74, 6) is 1.71. The maximum atomic E-state index is 12.5. The number of anilines is 1. The number of amides is 1. The monoisotopic (exact) mass is 478 g/mol. The molecule has 33 heavy (non-hydrogen) atoms. The summed E-state index contributed by atoms with van der Waals surface area (Å²) in [5, 5.41) is 2.96. The summed E-state index contributed by atoms with van der Waals surface area (Å²) in [6, 6.07) is 12.2. The number of nitrogens with one attached hydrogen (secondary N) is 1. The Morgan fingerprint density at radius 2 is 1.76 bits per heavy atom. The van der Waals surface area contributed by atoms with Crippen LogP contribution in [0.1, 0.15) is 45.2 Å². The van der Waals surface area contributed by atoms with Gasteiger partial charge >= 0.3 is 0 Å². The van der Waals surface area contributed by atoms with Gasteiger partial charge in [0.2, 0.25) is 15.9 Å². The average molecular weight is 479 g/mol. The number of ether oxygens (including phenoxy) is 3. The van der Waals surface area contributed by atoms with Gasteiger partial charge in [0.25, 0.3) is 0 Å². The third-order valence-electron chi connectivity index (χ3n) is 4.95. The minimum atomic E-state index is -3.51. The van der Waals surface area contributed by atoms with Crippen LogP contribution in [0.5, 0.6) is 17.2 Å². The fourth-order valence-corrected chi connectivity index (χ4v) is 4.33. The van der Waals surface area contributed by atoms with Gasteiger partial charge in [-0.3, -0.25) is 9.10 Å². The second kappa shape index (κ2) is 12.3. The van der Waals surface area contributed by atoms with E-state index in [2.05, 4.69) is 5.32 Å². The maximum Gasteiger partial charge on any atom is 0.232 e. The molecule has 0 aromatic heterocycles. The highest BCUT2D eigenvalue weighted by Gasteiger charge is 2.19. The van der Waals surface area contributed by atoms with Crippen molar-refractivity contribution in [2.45, 2.75) is 39.7 Å². The fraction of sp³-hybridized carbons (Fsp3) is 0.458. The Balaban J connectivity index is 1.99. The first kappa shape index (κ1) is 26.3. The third kappa shape index (κ3) is 7.85. The number of carbonyl (C=O) groups excluding carboxylic acids is 1. The molecule has 2 aromatic rings. The van der Waals surface area contributed by atoms with E-state index in [-0.39, 0.29) is 24.9 Å². The van der Waals surface area contributed by atoms with Crippen LogP contribution < -0.4 is 23.8 Å². The predicted molar refractivity (Wildman–Crippen MR) is 130 cm³/mol. The van der Waals surface area contributed by atoms with E-state index in [1.165, 1.54) is 11.4 Å². The lowest BCUT2D eigenvalue weighted by atomic mass is 10.1. The van der Waals surface area contributed by atoms with Crippen molar-refractivity contribution in [2.24, 2.45) is 0 Å². The van der Waals surface area contributed by atoms with Gasteiger partial charge < -0.3 is 19.5 Å². The van der Waals surface area contributed by atoms with Crippen LogP contribution in [0, 0.1) is 0 Å². The van der Waals surface area contributed by atoms with Crippen LogP contribution in [0.4, 0.5) is 5.69 Å². The molecule has 2 aromatic carbocycles. The molecule has 182 valence electrons. The maximum absolute atomic E-state index is 12.5. The number of carbonyl (C=O) groups is 1. The Labute approximate surface area is 196 Å². The van der Waals surface area contributed by atoms with Gasteiger partial charge in [-0.15, -0.1) is 0 Å². The molecule has 0 aliphatic heterocycles. The molecule has 9 heteroatoms. The minimum Gasteiger partial charge on any atom is -0.497 e. The van der Waals surface area contributed by atoms with Crippen molar-refractivity contribution in [3.63, 3.8) is 0 Å². The lowest BCUT2D eigenvalue weighted by Gasteiger charge is -2.23. The number of benzene rings is 2. The summed E-state index contributed by atoms with van der Waals surface area (Å²) in [6.45, 7) is 6.93. The van der Waals surface area contributed by atoms with Gasteiger partial charge in [-0.2, -0.15) is 0 Å². The van der Waals surface area contributed by atoms with E-state index in [1.807, 2.05) is 39.0 Å². The van der Waals surface area contributed by atoms with E-state index in [0.717, 1.165) is 11.8 Å². The van der Waals surface area contributed by atoms with Crippen LogP contribution in [0.15, 0.2) is 42.5 Å². The Kier molecular flexibility index (Phi) is 9.84. The van der Waals surface area contributed by atoms with Gasteiger partial charge in [-0.05, 0) is 57.0 Å². The zero-order valence-corrected chi connectivity index (χ0v) is 20.8. The molecule has 0 fully saturated rings. The van der Waals surface area contributed by atoms with Crippen molar-refractivity contribution < 1.29 is 27.4 Å². The van der Waals surface area contributed by atoms with Crippen molar-refractivity contribution in [2.75, 3.05) is 37.4 Å². The van der Waals surface area contributed by atoms with Gasteiger partial charge in [0.05, 0.1) is 38.3 Å². The molecule has 1 N–H and O–H groups in total. The van der Waals surface area contributed by atoms with Gasteiger partial charge in [0.15, 0.2) is 11.5 Å². The molecule has 1 atom stereocenters. The highest BCUT2D eigenvalue weighted by molar-refractivity contribution is 7.92. The standard InChI is InChI=1S/C24H34N2O6S/c1-6-31-22-14-13-19(16-23(22)32-7-2)18(3)25-24(27)12-9-15-26(33(5,28)29)20-10-8-11-21(17-20)30-4/h8,10-11,13-14,16-18H,6-7,9,12,15H2,1-5H3,(H,25,27). The van der Waals surface area contributed by atoms with Crippen molar-refractivity contribution >= 4 is 21.6 Å². The molecule has 2 rings (SSSR count). The van der Waals surface area contributed by atoms with Crippen LogP contribution in [0.2, 0.25) is 0 Å². The number of hydrogen-bond acceptors (Lipinski definition) is 6. The largest absolute Gasteiger partial charge is 0.497 e. The summed E-state index contributed by atoms with van der Waals surface area (Å²) in [6.07, 6.45) is 1.71. The molecule has 0 saturated heterocycles. The van der Waals surface area contributed by atoms with E-state index in [0.29, 0.717) is 42.6 Å². The van der Waals surface area contributed by atoms with Crippen molar-refractivity contribution in [1.82, 2.24) is 5.32 Å². The second-order valence-electron chi connectivity index (χ2n) is 7.50. The van der Waals surface area contributed by atoms with Crippen LogP contribution in [0.25, 0.3) is 0 Å². The van der Waals surface area contributed by atoms with Gasteiger partial charge in [0, 0.05) is 19.0 Å². The summed E-state index contributed by atoms with van der Waals surface area (Å²) in [7, 11) is -1.98. The molecule has 0 aliphatic rings. The Morgan fingerprint density at radius 3 is 2.39 bits per heavy atom. The van der Waals surface area contributed by atoms with Crippen LogP contribution >= 0.6 is 0 Å². The molecule has 0 bridgehead atoms. The summed E-state index contributed by atoms with van der Waals surface area (Å²) < 4.78 is 42.3. The van der Waals surface area contributed by atoms with Crippen LogP contribution in [-0.2, 0) is 14.8 Å². The lowest BCUT2D eigenvalue weighted by Crippen LogP contribution is -2.32. The van der Waals surface area contributed by atoms with Gasteiger partial charge in [-0.25, -0.2) is 8.42 Å². The summed E-state index contributed by atoms with van der Waals surface area (Å²) >= 11 is 0. The molecular weight excluding hydrogens is 444 g/mol. The summed E-state index contributed by atoms with van der Waals surface area (Å²) in [4.78, 5) is 12.5. The molecule has 8 nitrogen and oxygen atoms in total. The first-order valence-corrected chi connectivity index (χ1v) is 12.8. The zero-order valence-electron chi connectivity index (χ0n) is 20.0. The number of hydrogen-bond donors (Lipinski definition) is 1. The third-order valence-corrected chi connectivity index (χ3v) is 6.15. The number of rotatable bonds is 13. The molecule has 0 spiro atoms. The Hall–Kier alpha value is -2.94. The highest BCUT2D eigenvalue weighted by Crippen LogP contribution is 2.31. The van der Waals surface area contributed by atoms with Crippen molar-refractivity contribution in [3.8, 4) is 17.2 Å². The van der Waals surface area contributed by atoms with E-state index in [9.17, 15) is 13.2 Å². The van der Waals surface area contributed by atoms with E-state index in [1.54, 1.807) is 24.3 Å². The normalized spacial score (nSPS) is 12.0. The second-order valence-corrected chi connectivity index (χ2v) is 9.41. The first-order valence-electron chi connectivity index (χ1n) is 11.0. The van der Waals surface area contributed by atoms with Gasteiger partial charge in [0.1, 0.15) is 5.75 Å². The Morgan fingerprint density at radius 1 is 1.06 bits per heavy atom. The topological polar surface area (TPSA) is 94.2 Å². The van der Waals surface area contributed by atoms with Crippen molar-refractivity contribution in [1.29, 1.82) is 0 Å². The molecule has 0 radical (unpaired) electrons. The Bertz CT molecular complexity index is 1030. The molecule has 1 unspecified atom stereocenters. The highest BCUT2D eigenvalue weighted by atomic mass is 32.2. The van der Waals surface area contributed by atoms with Crippen LogP contribution in [-0.4, -0.2) is 47.4 Å². The van der Waals surface area contributed by atoms with E-state index >= 15 is 0 Å². The number of sulfonamides is 1. The molecule has 0 aliphatic carbocycles. The lowest BCUT2D eigenvalue weighted by molar-refractivity contribution is -0.121. The zero-order chi connectivity index (χ0) is 24.4. The van der Waals surface area contributed by atoms with E-state index in [4.69, 9.17) is 14.2 Å². The first-order chi connectivity index (χ1) is 15.7. The predicted octanol–water partition coefficient (Wildman–Crippen LogP) is 3.92. The molecule has 0 saturated carbocycles. The van der Waals surface area contributed by atoms with Crippen LogP contribution in [0.3, 0.4) is 0 Å². The number of nitrogens with zero attached hydrogens (tertiary/aromatic N) is 1.